The van der Waals surface area contributed by atoms with Crippen molar-refractivity contribution in [2.24, 2.45) is 5.92 Å². The number of hydrogen-bond donors (Lipinski definition) is 3. The van der Waals surface area contributed by atoms with E-state index in [0.717, 1.165) is 23.5 Å². The number of nitrogens with one attached hydrogen (secondary N) is 2. The summed E-state index contributed by atoms with van der Waals surface area (Å²) < 4.78 is 0. The van der Waals surface area contributed by atoms with Gasteiger partial charge in [0.25, 0.3) is 0 Å². The van der Waals surface area contributed by atoms with Gasteiger partial charge in [-0.2, -0.15) is 0 Å². The van der Waals surface area contributed by atoms with E-state index in [2.05, 4.69) is 15.6 Å². The number of aliphatic hydroxyl groups is 1. The molecule has 0 saturated carbocycles. The number of urea groups is 1. The molecule has 5 nitrogen and oxygen atoms in total. The van der Waals surface area contributed by atoms with Crippen LogP contribution < -0.4 is 10.6 Å². The SMILES string of the molecule is Cc1csc(CCCNC(=O)NC(CCO)C(C)C)n1. The Morgan fingerprint density at radius 1 is 1.50 bits per heavy atom. The first-order chi connectivity index (χ1) is 9.52. The van der Waals surface area contributed by atoms with Crippen LogP contribution in [0.4, 0.5) is 4.79 Å². The van der Waals surface area contributed by atoms with Crippen LogP contribution in [-0.2, 0) is 6.42 Å². The van der Waals surface area contributed by atoms with Crippen molar-refractivity contribution in [2.45, 2.75) is 46.1 Å². The molecule has 1 rings (SSSR count). The average Bonchev–Trinajstić information content (AvgIpc) is 2.80. The molecule has 1 atom stereocenters. The minimum Gasteiger partial charge on any atom is -0.396 e. The second-order valence-electron chi connectivity index (χ2n) is 5.25. The molecule has 1 unspecified atom stereocenters. The summed E-state index contributed by atoms with van der Waals surface area (Å²) in [6.07, 6.45) is 2.36. The second kappa shape index (κ2) is 8.92. The molecule has 0 bridgehead atoms. The number of hydrogen-bond acceptors (Lipinski definition) is 4. The fourth-order valence-corrected chi connectivity index (χ4v) is 2.71. The highest BCUT2D eigenvalue weighted by atomic mass is 32.1. The molecule has 1 aromatic heterocycles. The number of carbonyl (C=O) groups excluding carboxylic acids is 1. The number of aryl methyl sites for hydroxylation is 2. The van der Waals surface area contributed by atoms with Crippen LogP contribution in [0.2, 0.25) is 0 Å². The number of carbonyl (C=O) groups is 1. The molecule has 0 aliphatic rings. The van der Waals surface area contributed by atoms with Gasteiger partial charge < -0.3 is 15.7 Å². The first-order valence-corrected chi connectivity index (χ1v) is 7.97. The maximum absolute atomic E-state index is 11.7. The van der Waals surface area contributed by atoms with Gasteiger partial charge in [0.15, 0.2) is 0 Å². The molecule has 0 aliphatic carbocycles. The van der Waals surface area contributed by atoms with Gasteiger partial charge in [-0.25, -0.2) is 9.78 Å². The first-order valence-electron chi connectivity index (χ1n) is 7.09. The standard InChI is InChI=1S/C14H25N3O2S/c1-10(2)12(6-8-18)17-14(19)15-7-4-5-13-16-11(3)9-20-13/h9-10,12,18H,4-8H2,1-3H3,(H2,15,17,19). The number of aromatic nitrogens is 1. The normalized spacial score (nSPS) is 12.4. The molecule has 0 aromatic carbocycles. The highest BCUT2D eigenvalue weighted by Crippen LogP contribution is 2.10. The van der Waals surface area contributed by atoms with E-state index in [1.165, 1.54) is 0 Å². The molecule has 0 radical (unpaired) electrons. The number of nitrogens with zero attached hydrogens (tertiary/aromatic N) is 1. The van der Waals surface area contributed by atoms with Crippen LogP contribution in [0.25, 0.3) is 0 Å². The molecule has 0 fully saturated rings. The largest absolute Gasteiger partial charge is 0.396 e. The molecule has 3 N–H and O–H groups in total. The van der Waals surface area contributed by atoms with Gasteiger partial charge in [-0.15, -0.1) is 11.3 Å². The molecule has 114 valence electrons. The molecule has 0 spiro atoms. The number of rotatable bonds is 8. The van der Waals surface area contributed by atoms with Gasteiger partial charge in [0.1, 0.15) is 0 Å². The van der Waals surface area contributed by atoms with Gasteiger partial charge in [-0.05, 0) is 25.7 Å². The number of thiazole rings is 1. The average molecular weight is 299 g/mol. The Bertz CT molecular complexity index is 407. The van der Waals surface area contributed by atoms with E-state index in [9.17, 15) is 4.79 Å². The highest BCUT2D eigenvalue weighted by molar-refractivity contribution is 7.09. The molecular formula is C14H25N3O2S. The first kappa shape index (κ1) is 16.9. The van der Waals surface area contributed by atoms with E-state index in [1.54, 1.807) is 11.3 Å². The molecule has 6 heteroatoms. The van der Waals surface area contributed by atoms with E-state index in [-0.39, 0.29) is 18.7 Å². The summed E-state index contributed by atoms with van der Waals surface area (Å²) in [5.41, 5.74) is 1.06. The predicted octanol–water partition coefficient (Wildman–Crippen LogP) is 2.09. The van der Waals surface area contributed by atoms with Gasteiger partial charge in [0, 0.05) is 36.7 Å². The summed E-state index contributed by atoms with van der Waals surface area (Å²) in [5.74, 6) is 0.311. The van der Waals surface area contributed by atoms with Crippen LogP contribution in [0, 0.1) is 12.8 Å². The van der Waals surface area contributed by atoms with E-state index in [0.29, 0.717) is 18.9 Å². The molecular weight excluding hydrogens is 274 g/mol. The third-order valence-corrected chi connectivity index (χ3v) is 4.11. The van der Waals surface area contributed by atoms with Crippen LogP contribution in [0.5, 0.6) is 0 Å². The summed E-state index contributed by atoms with van der Waals surface area (Å²) in [4.78, 5) is 16.1. The zero-order valence-electron chi connectivity index (χ0n) is 12.5. The van der Waals surface area contributed by atoms with E-state index < -0.39 is 0 Å². The van der Waals surface area contributed by atoms with Crippen LogP contribution in [0.3, 0.4) is 0 Å². The van der Waals surface area contributed by atoms with Crippen LogP contribution >= 0.6 is 11.3 Å². The quantitative estimate of drug-likeness (QED) is 0.643. The fraction of sp³-hybridized carbons (Fsp3) is 0.714. The van der Waals surface area contributed by atoms with Crippen molar-refractivity contribution in [3.8, 4) is 0 Å². The minimum atomic E-state index is -0.160. The predicted molar refractivity (Wildman–Crippen MR) is 82.0 cm³/mol. The van der Waals surface area contributed by atoms with Crippen molar-refractivity contribution >= 4 is 17.4 Å². The lowest BCUT2D eigenvalue weighted by atomic mass is 10.0. The summed E-state index contributed by atoms with van der Waals surface area (Å²) in [5, 5.41) is 17.9. The van der Waals surface area contributed by atoms with Crippen LogP contribution in [0.15, 0.2) is 5.38 Å². The lowest BCUT2D eigenvalue weighted by molar-refractivity contribution is 0.219. The van der Waals surface area contributed by atoms with Crippen molar-refractivity contribution in [3.63, 3.8) is 0 Å². The van der Waals surface area contributed by atoms with Crippen molar-refractivity contribution in [2.75, 3.05) is 13.2 Å². The van der Waals surface area contributed by atoms with E-state index in [4.69, 9.17) is 5.11 Å². The maximum Gasteiger partial charge on any atom is 0.315 e. The Morgan fingerprint density at radius 3 is 2.80 bits per heavy atom. The van der Waals surface area contributed by atoms with Crippen LogP contribution in [-0.4, -0.2) is 35.3 Å². The lowest BCUT2D eigenvalue weighted by Gasteiger charge is -2.21. The monoisotopic (exact) mass is 299 g/mol. The second-order valence-corrected chi connectivity index (χ2v) is 6.19. The summed E-state index contributed by atoms with van der Waals surface area (Å²) in [6.45, 7) is 6.77. The van der Waals surface area contributed by atoms with Crippen LogP contribution in [0.1, 0.15) is 37.4 Å². The van der Waals surface area contributed by atoms with Crippen molar-refractivity contribution in [1.29, 1.82) is 0 Å². The van der Waals surface area contributed by atoms with Crippen molar-refractivity contribution < 1.29 is 9.90 Å². The topological polar surface area (TPSA) is 74.2 Å². The van der Waals surface area contributed by atoms with E-state index in [1.807, 2.05) is 26.2 Å². The Morgan fingerprint density at radius 2 is 2.25 bits per heavy atom. The van der Waals surface area contributed by atoms with Crippen molar-refractivity contribution in [3.05, 3.63) is 16.1 Å². The zero-order chi connectivity index (χ0) is 15.0. The highest BCUT2D eigenvalue weighted by Gasteiger charge is 2.14. The van der Waals surface area contributed by atoms with Gasteiger partial charge in [0.05, 0.1) is 5.01 Å². The molecule has 1 heterocycles. The molecule has 2 amide bonds. The third kappa shape index (κ3) is 6.34. The van der Waals surface area contributed by atoms with E-state index >= 15 is 0 Å². The smallest absolute Gasteiger partial charge is 0.315 e. The fourth-order valence-electron chi connectivity index (χ4n) is 1.89. The zero-order valence-corrected chi connectivity index (χ0v) is 13.3. The molecule has 20 heavy (non-hydrogen) atoms. The maximum atomic E-state index is 11.7. The van der Waals surface area contributed by atoms with Gasteiger partial charge in [0.2, 0.25) is 0 Å². The van der Waals surface area contributed by atoms with Gasteiger partial charge in [-0.1, -0.05) is 13.8 Å². The molecule has 0 saturated heterocycles. The summed E-state index contributed by atoms with van der Waals surface area (Å²) >= 11 is 1.66. The summed E-state index contributed by atoms with van der Waals surface area (Å²) in [6, 6.07) is -0.144. The number of aliphatic hydroxyl groups excluding tert-OH is 1. The Hall–Kier alpha value is -1.14. The Balaban J connectivity index is 2.19. The minimum absolute atomic E-state index is 0.0154. The van der Waals surface area contributed by atoms with Gasteiger partial charge in [-0.3, -0.25) is 0 Å². The van der Waals surface area contributed by atoms with Gasteiger partial charge >= 0.3 is 6.03 Å². The Kier molecular flexibility index (Phi) is 7.54. The molecule has 1 aromatic rings. The number of amides is 2. The molecule has 0 aliphatic heterocycles. The van der Waals surface area contributed by atoms with Crippen molar-refractivity contribution in [1.82, 2.24) is 15.6 Å². The summed E-state index contributed by atoms with van der Waals surface area (Å²) in [7, 11) is 0. The Labute approximate surface area is 124 Å². The third-order valence-electron chi connectivity index (χ3n) is 3.08. The lowest BCUT2D eigenvalue weighted by Crippen LogP contribution is -2.45.